The number of aromatic nitrogens is 2. The van der Waals surface area contributed by atoms with Crippen molar-refractivity contribution in [3.63, 3.8) is 0 Å². The van der Waals surface area contributed by atoms with Crippen LogP contribution in [0.5, 0.6) is 0 Å². The zero-order chi connectivity index (χ0) is 24.5. The Morgan fingerprint density at radius 1 is 0.758 bits per heavy atom. The third kappa shape index (κ3) is 8.35. The number of hydrogen-bond donors (Lipinski definition) is 6. The molecule has 0 fully saturated rings. The Labute approximate surface area is 203 Å². The third-order valence-electron chi connectivity index (χ3n) is 5.60. The highest BCUT2D eigenvalue weighted by Crippen LogP contribution is 2.24. The van der Waals surface area contributed by atoms with Crippen molar-refractivity contribution >= 4 is 34.7 Å². The summed E-state index contributed by atoms with van der Waals surface area (Å²) < 4.78 is 9.75. The van der Waals surface area contributed by atoms with E-state index in [-0.39, 0.29) is 21.9 Å². The molecule has 0 saturated heterocycles. The minimum Gasteiger partial charge on any atom is -0.387 e. The van der Waals surface area contributed by atoms with Crippen LogP contribution in [0.25, 0.3) is 0 Å². The fourth-order valence-corrected chi connectivity index (χ4v) is 3.71. The molecular weight excluding hydrogens is 464 g/mol. The van der Waals surface area contributed by atoms with Gasteiger partial charge in [-0.05, 0) is 43.7 Å². The minimum atomic E-state index is -0.320. The normalized spacial score (nSPS) is 11.8. The Morgan fingerprint density at radius 3 is 1.45 bits per heavy atom. The molecule has 0 aromatic carbocycles. The Balaban J connectivity index is 1.53. The van der Waals surface area contributed by atoms with Crippen LogP contribution in [0.4, 0.5) is 0 Å². The maximum absolute atomic E-state index is 11.7. The fourth-order valence-electron chi connectivity index (χ4n) is 3.30. The predicted octanol–water partition coefficient (Wildman–Crippen LogP) is 1.60. The zero-order valence-electron chi connectivity index (χ0n) is 19.6. The van der Waals surface area contributed by atoms with Gasteiger partial charge in [-0.15, -0.1) is 0 Å². The van der Waals surface area contributed by atoms with E-state index in [4.69, 9.17) is 33.5 Å². The van der Waals surface area contributed by atoms with Crippen LogP contribution >= 0.6 is 24.4 Å². The number of rotatable bonds is 12. The molecule has 0 aliphatic rings. The molecule has 10 nitrogen and oxygen atoms in total. The van der Waals surface area contributed by atoms with E-state index >= 15 is 0 Å². The van der Waals surface area contributed by atoms with Gasteiger partial charge in [-0.3, -0.25) is 9.59 Å². The molecule has 0 bridgehead atoms. The maximum atomic E-state index is 11.7. The van der Waals surface area contributed by atoms with Gasteiger partial charge in [-0.1, -0.05) is 27.7 Å². The molecular formula is C21H34N6O4S2. The maximum Gasteiger partial charge on any atom is 0.283 e. The molecule has 0 spiro atoms. The standard InChI is InChI=1S/C21H34N6O4S2/c1-20(2,14-12-30-26-16(14)28)6-10-24-18(32)22-8-5-9-23-19(33)25-11-7-21(3,4)15-13-31-27-17(15)29/h12-13H,5-11H2,1-4H3,(H,26,28)(H,27,29)(H2,22,24,32)(H2,23,25,33). The average Bonchev–Trinajstić information content (AvgIpc) is 3.36. The van der Waals surface area contributed by atoms with Crippen molar-refractivity contribution < 1.29 is 9.05 Å². The predicted molar refractivity (Wildman–Crippen MR) is 136 cm³/mol. The minimum absolute atomic E-state index is 0.197. The Bertz CT molecular complexity index is 940. The van der Waals surface area contributed by atoms with Crippen molar-refractivity contribution in [3.05, 3.63) is 44.4 Å². The van der Waals surface area contributed by atoms with Crippen molar-refractivity contribution in [2.75, 3.05) is 26.2 Å². The van der Waals surface area contributed by atoms with E-state index in [0.717, 1.165) is 19.3 Å². The number of aromatic amines is 2. The molecule has 0 radical (unpaired) electrons. The van der Waals surface area contributed by atoms with Gasteiger partial charge in [0.1, 0.15) is 12.5 Å². The first-order chi connectivity index (χ1) is 15.5. The highest BCUT2D eigenvalue weighted by molar-refractivity contribution is 7.80. The van der Waals surface area contributed by atoms with E-state index < -0.39 is 0 Å². The van der Waals surface area contributed by atoms with Crippen molar-refractivity contribution in [1.29, 1.82) is 0 Å². The van der Waals surface area contributed by atoms with Crippen LogP contribution in [-0.4, -0.2) is 46.7 Å². The summed E-state index contributed by atoms with van der Waals surface area (Å²) in [7, 11) is 0. The fraction of sp³-hybridized carbons (Fsp3) is 0.619. The van der Waals surface area contributed by atoms with E-state index in [2.05, 4.69) is 31.6 Å². The van der Waals surface area contributed by atoms with Gasteiger partial charge in [0.05, 0.1) is 11.1 Å². The Morgan fingerprint density at radius 2 is 1.12 bits per heavy atom. The lowest BCUT2D eigenvalue weighted by atomic mass is 9.83. The molecule has 0 atom stereocenters. The summed E-state index contributed by atoms with van der Waals surface area (Å²) in [6.07, 6.45) is 5.21. The highest BCUT2D eigenvalue weighted by atomic mass is 32.1. The second-order valence-electron chi connectivity index (χ2n) is 9.15. The van der Waals surface area contributed by atoms with Gasteiger partial charge in [-0.25, -0.2) is 0 Å². The highest BCUT2D eigenvalue weighted by Gasteiger charge is 2.26. The summed E-state index contributed by atoms with van der Waals surface area (Å²) in [6, 6.07) is 0. The average molecular weight is 499 g/mol. The molecule has 33 heavy (non-hydrogen) atoms. The summed E-state index contributed by atoms with van der Waals surface area (Å²) in [4.78, 5) is 23.5. The van der Waals surface area contributed by atoms with Crippen LogP contribution in [0.15, 0.2) is 31.2 Å². The lowest BCUT2D eigenvalue weighted by Crippen LogP contribution is -2.41. The molecule has 2 rings (SSSR count). The Kier molecular flexibility index (Phi) is 9.71. The molecule has 0 unspecified atom stereocenters. The third-order valence-corrected chi connectivity index (χ3v) is 6.18. The molecule has 2 aromatic rings. The van der Waals surface area contributed by atoms with Crippen LogP contribution in [-0.2, 0) is 10.8 Å². The van der Waals surface area contributed by atoms with Gasteiger partial charge in [0, 0.05) is 37.0 Å². The molecule has 184 valence electrons. The molecule has 6 N–H and O–H groups in total. The van der Waals surface area contributed by atoms with Gasteiger partial charge in [0.15, 0.2) is 10.2 Å². The summed E-state index contributed by atoms with van der Waals surface area (Å²) in [6.45, 7) is 10.6. The first-order valence-electron chi connectivity index (χ1n) is 10.9. The van der Waals surface area contributed by atoms with Crippen molar-refractivity contribution in [2.24, 2.45) is 0 Å². The summed E-state index contributed by atoms with van der Waals surface area (Å²) in [5.41, 5.74) is 0.212. The van der Waals surface area contributed by atoms with Crippen molar-refractivity contribution in [2.45, 2.75) is 57.8 Å². The summed E-state index contributed by atoms with van der Waals surface area (Å²) >= 11 is 10.6. The van der Waals surface area contributed by atoms with Crippen LogP contribution in [0.2, 0.25) is 0 Å². The van der Waals surface area contributed by atoms with Crippen LogP contribution in [0.3, 0.4) is 0 Å². The van der Waals surface area contributed by atoms with Crippen molar-refractivity contribution in [3.8, 4) is 0 Å². The number of thiocarbonyl (C=S) groups is 2. The number of hydrogen-bond acceptors (Lipinski definition) is 6. The lowest BCUT2D eigenvalue weighted by molar-refractivity contribution is 0.408. The van der Waals surface area contributed by atoms with Crippen LogP contribution in [0.1, 0.15) is 58.1 Å². The SMILES string of the molecule is CC(C)(CCNC(=S)NCCCNC(=S)NCCC(C)(C)c1co[nH]c1=O)c1co[nH]c1=O. The molecule has 12 heteroatoms. The largest absolute Gasteiger partial charge is 0.387 e. The first-order valence-corrected chi connectivity index (χ1v) is 11.7. The number of nitrogens with one attached hydrogen (secondary N) is 6. The molecule has 0 aliphatic carbocycles. The van der Waals surface area contributed by atoms with Gasteiger partial charge < -0.3 is 30.3 Å². The van der Waals surface area contributed by atoms with E-state index in [1.54, 1.807) is 0 Å². The second-order valence-corrected chi connectivity index (χ2v) is 9.96. The topological polar surface area (TPSA) is 140 Å². The van der Waals surface area contributed by atoms with E-state index in [1.807, 2.05) is 27.7 Å². The van der Waals surface area contributed by atoms with Crippen molar-refractivity contribution in [1.82, 2.24) is 31.6 Å². The lowest BCUT2D eigenvalue weighted by Gasteiger charge is -2.22. The molecule has 0 aliphatic heterocycles. The van der Waals surface area contributed by atoms with E-state index in [0.29, 0.717) is 47.5 Å². The van der Waals surface area contributed by atoms with Gasteiger partial charge >= 0.3 is 0 Å². The number of H-pyrrole nitrogens is 2. The monoisotopic (exact) mass is 498 g/mol. The zero-order valence-corrected chi connectivity index (χ0v) is 21.2. The van der Waals surface area contributed by atoms with Gasteiger partial charge in [-0.2, -0.15) is 10.3 Å². The molecule has 2 aromatic heterocycles. The van der Waals surface area contributed by atoms with Gasteiger partial charge in [0.2, 0.25) is 0 Å². The molecule has 0 saturated carbocycles. The quantitative estimate of drug-likeness (QED) is 0.189. The molecule has 2 heterocycles. The van der Waals surface area contributed by atoms with E-state index in [1.165, 1.54) is 12.5 Å². The molecule has 0 amide bonds. The summed E-state index contributed by atoms with van der Waals surface area (Å²) in [5.74, 6) is 0. The smallest absolute Gasteiger partial charge is 0.283 e. The Hall–Kier alpha value is -2.60. The summed E-state index contributed by atoms with van der Waals surface area (Å²) in [5, 5.41) is 18.4. The van der Waals surface area contributed by atoms with Crippen LogP contribution < -0.4 is 32.4 Å². The second kappa shape index (κ2) is 12.0. The van der Waals surface area contributed by atoms with Gasteiger partial charge in [0.25, 0.3) is 11.1 Å². The van der Waals surface area contributed by atoms with Crippen LogP contribution in [0, 0.1) is 0 Å². The first kappa shape index (κ1) is 26.7. The van der Waals surface area contributed by atoms with E-state index in [9.17, 15) is 9.59 Å².